The molecular formula is C97H184Br2N5O27S3-. The van der Waals surface area contributed by atoms with Crippen LogP contribution < -0.4 is 16.0 Å². The lowest BCUT2D eigenvalue weighted by Gasteiger charge is -2.30. The molecule has 0 aliphatic rings. The fourth-order valence-corrected chi connectivity index (χ4v) is 18.6. The number of amides is 3. The van der Waals surface area contributed by atoms with E-state index in [2.05, 4.69) is 106 Å². The molecule has 0 heterocycles. The SMILES string of the molecule is C=CC(=O)NC(C)(C)CS(=O)(=O)O.CCCCN(CCCC)CCCC.CCCCN(CCCC)CCCC.CCCCOC(=O)C(Br)CC(CCCCCC(CC(Br)C(=O)OCCCC)C(=O)OC)C(=O)OC.CCCCOCC(CC(C)C(=O)NC(C)(C)CS(=O)(=O)[O-])CC(CCCCCC(CC(CC(C)C(=O)NC(C)(C)CS(=O)(=O)O)C(=O)OCCCC)C(=O)OC)C(=O)OC. The predicted octanol–water partition coefficient (Wildman–Crippen LogP) is 17.8. The van der Waals surface area contributed by atoms with E-state index in [0.29, 0.717) is 96.9 Å². The lowest BCUT2D eigenvalue weighted by Crippen LogP contribution is -2.50. The van der Waals surface area contributed by atoms with Crippen LogP contribution in [0.1, 0.15) is 356 Å². The van der Waals surface area contributed by atoms with Gasteiger partial charge >= 0.3 is 41.8 Å². The van der Waals surface area contributed by atoms with Crippen molar-refractivity contribution in [3.05, 3.63) is 12.7 Å². The van der Waals surface area contributed by atoms with Gasteiger partial charge in [0.05, 0.1) is 116 Å². The van der Waals surface area contributed by atoms with Crippen molar-refractivity contribution in [1.29, 1.82) is 0 Å². The predicted molar refractivity (Wildman–Crippen MR) is 537 cm³/mol. The molecular weight excluding hydrogens is 1920 g/mol. The Balaban J connectivity index is -0.000000618. The van der Waals surface area contributed by atoms with Gasteiger partial charge in [-0.25, -0.2) is 8.42 Å². The van der Waals surface area contributed by atoms with Gasteiger partial charge in [0, 0.05) is 30.6 Å². The van der Waals surface area contributed by atoms with Crippen LogP contribution in [0.3, 0.4) is 0 Å². The summed E-state index contributed by atoms with van der Waals surface area (Å²) in [6, 6.07) is 0. The molecule has 0 radical (unpaired) electrons. The molecule has 134 heavy (non-hydrogen) atoms. The quantitative estimate of drug-likeness (QED) is 0.00943. The van der Waals surface area contributed by atoms with Gasteiger partial charge in [0.15, 0.2) is 0 Å². The molecule has 0 rings (SSSR count). The lowest BCUT2D eigenvalue weighted by molar-refractivity contribution is -0.153. The van der Waals surface area contributed by atoms with E-state index in [9.17, 15) is 82.3 Å². The highest BCUT2D eigenvalue weighted by Crippen LogP contribution is 2.32. The van der Waals surface area contributed by atoms with Crippen LogP contribution in [0.15, 0.2) is 12.7 Å². The van der Waals surface area contributed by atoms with Gasteiger partial charge in [-0.05, 0) is 221 Å². The number of carbonyl (C=O) groups excluding carboxylic acids is 10. The highest BCUT2D eigenvalue weighted by atomic mass is 79.9. The van der Waals surface area contributed by atoms with Crippen LogP contribution in [0.5, 0.6) is 0 Å². The Morgan fingerprint density at radius 3 is 0.933 bits per heavy atom. The van der Waals surface area contributed by atoms with Crippen molar-refractivity contribution in [3.63, 3.8) is 0 Å². The number of nitrogens with zero attached hydrogens (tertiary/aromatic N) is 2. The third kappa shape index (κ3) is 79.8. The molecule has 0 aliphatic heterocycles. The molecule has 10 atom stereocenters. The summed E-state index contributed by atoms with van der Waals surface area (Å²) in [5.74, 6) is -10.9. The summed E-state index contributed by atoms with van der Waals surface area (Å²) in [7, 11) is -7.83. The van der Waals surface area contributed by atoms with Crippen LogP contribution in [-0.4, -0.2) is 252 Å². The molecule has 0 fully saturated rings. The van der Waals surface area contributed by atoms with Crippen molar-refractivity contribution in [3.8, 4) is 0 Å². The average Bonchev–Trinajstić information content (AvgIpc) is 0.845. The molecule has 0 aromatic rings. The van der Waals surface area contributed by atoms with Crippen LogP contribution in [0.25, 0.3) is 0 Å². The summed E-state index contributed by atoms with van der Waals surface area (Å²) in [6.07, 6.45) is 31.1. The van der Waals surface area contributed by atoms with E-state index in [4.69, 9.17) is 42.4 Å². The summed E-state index contributed by atoms with van der Waals surface area (Å²) >= 11 is 6.67. The largest absolute Gasteiger partial charge is 0.748 e. The summed E-state index contributed by atoms with van der Waals surface area (Å²) in [5, 5.41) is 7.64. The van der Waals surface area contributed by atoms with E-state index in [1.165, 1.54) is 186 Å². The Labute approximate surface area is 826 Å². The zero-order valence-corrected chi connectivity index (χ0v) is 92.0. The van der Waals surface area contributed by atoms with E-state index < -0.39 is 151 Å². The summed E-state index contributed by atoms with van der Waals surface area (Å²) in [5.41, 5.74) is -3.57. The van der Waals surface area contributed by atoms with Crippen LogP contribution in [0, 0.1) is 47.3 Å². The minimum absolute atomic E-state index is 0.0104. The molecule has 0 bridgehead atoms. The van der Waals surface area contributed by atoms with Crippen LogP contribution in [0.2, 0.25) is 0 Å². The maximum absolute atomic E-state index is 13.3. The van der Waals surface area contributed by atoms with Crippen molar-refractivity contribution in [1.82, 2.24) is 25.8 Å². The number of methoxy groups -OCH3 is 4. The Bertz CT molecular complexity index is 3390. The Hall–Kier alpha value is -4.99. The van der Waals surface area contributed by atoms with Gasteiger partial charge in [-0.1, -0.05) is 224 Å². The van der Waals surface area contributed by atoms with Gasteiger partial charge in [-0.2, -0.15) is 16.8 Å². The van der Waals surface area contributed by atoms with E-state index in [0.717, 1.165) is 70.3 Å². The molecule has 0 saturated carbocycles. The number of carbonyl (C=O) groups is 10. The molecule has 0 aromatic heterocycles. The lowest BCUT2D eigenvalue weighted by atomic mass is 9.83. The number of nitrogens with one attached hydrogen (secondary N) is 3. The van der Waals surface area contributed by atoms with Gasteiger partial charge in [0.1, 0.15) is 9.65 Å². The molecule has 792 valence electrons. The maximum atomic E-state index is 13.3. The molecule has 0 spiro atoms. The maximum Gasteiger partial charge on any atom is 0.319 e. The third-order valence-corrected chi connectivity index (χ3v) is 26.7. The summed E-state index contributed by atoms with van der Waals surface area (Å²) < 4.78 is 138. The number of hydrogen-bond acceptors (Lipinski definition) is 27. The van der Waals surface area contributed by atoms with Crippen molar-refractivity contribution in [2.75, 3.05) is 118 Å². The second kappa shape index (κ2) is 81.7. The number of unbranched alkanes of at least 4 members (excludes halogenated alkanes) is 14. The first-order valence-corrected chi connectivity index (χ1v) is 55.9. The van der Waals surface area contributed by atoms with Crippen molar-refractivity contribution < 1.29 is 125 Å². The second-order valence-electron chi connectivity index (χ2n) is 37.1. The Morgan fingerprint density at radius 2 is 0.642 bits per heavy atom. The van der Waals surface area contributed by atoms with Crippen molar-refractivity contribution in [2.45, 2.75) is 382 Å². The number of hydrogen-bond donors (Lipinski definition) is 5. The smallest absolute Gasteiger partial charge is 0.319 e. The molecule has 0 aromatic carbocycles. The fourth-order valence-electron chi connectivity index (χ4n) is 14.5. The molecule has 32 nitrogen and oxygen atoms in total. The van der Waals surface area contributed by atoms with Gasteiger partial charge < -0.3 is 68.2 Å². The van der Waals surface area contributed by atoms with Crippen molar-refractivity contribution >= 4 is 122 Å². The molecule has 10 unspecified atom stereocenters. The first-order chi connectivity index (χ1) is 62.8. The summed E-state index contributed by atoms with van der Waals surface area (Å²) in [4.78, 5) is 129. The van der Waals surface area contributed by atoms with Gasteiger partial charge in [0.2, 0.25) is 17.7 Å². The normalized spacial score (nSPS) is 14.0. The average molecular weight is 2110 g/mol. The minimum Gasteiger partial charge on any atom is -0.748 e. The van der Waals surface area contributed by atoms with Crippen LogP contribution in [-0.2, 0) is 116 Å². The molecule has 0 saturated heterocycles. The molecule has 5 N–H and O–H groups in total. The zero-order valence-electron chi connectivity index (χ0n) is 86.4. The molecule has 0 aliphatic carbocycles. The van der Waals surface area contributed by atoms with E-state index >= 15 is 0 Å². The highest BCUT2D eigenvalue weighted by molar-refractivity contribution is 9.10. The van der Waals surface area contributed by atoms with E-state index in [-0.39, 0.29) is 55.9 Å². The first kappa shape index (κ1) is 137. The van der Waals surface area contributed by atoms with Gasteiger partial charge in [-0.3, -0.25) is 57.1 Å². The topological polar surface area (TPSA) is 453 Å². The molecule has 3 amide bonds. The number of halogens is 2. The number of esters is 7. The highest BCUT2D eigenvalue weighted by Gasteiger charge is 2.37. The second-order valence-corrected chi connectivity index (χ2v) is 43.7. The minimum atomic E-state index is -4.59. The third-order valence-electron chi connectivity index (χ3n) is 22.0. The Morgan fingerprint density at radius 1 is 0.366 bits per heavy atom. The Kier molecular flexibility index (Phi) is 83.8. The van der Waals surface area contributed by atoms with Crippen LogP contribution in [0.4, 0.5) is 0 Å². The number of ether oxygens (including phenoxy) is 8. The first-order valence-electron chi connectivity index (χ1n) is 49.3. The van der Waals surface area contributed by atoms with E-state index in [1.54, 1.807) is 13.8 Å². The standard InChI is InChI=1S/C41H76N2O15S2.C25H42Br2O8.2C12H27N.C7H13NO4S/c1-11-13-20-57-26-31(22-29(3)35(44)42-40(5,6)27-59(49,50)51)24-32(37(46)55-9)18-16-15-17-19-33(38(47)56-10)25-34(39(48)58-21-14-12-2)23-30(4)36(45)43-41(7,8)28-60(52,53)54;1-5-7-14-34-24(30)20(26)16-18(22(28)32-3)12-10-9-11-13-19(23(29)33-4)17-21(27)25(31)35-15-8-6-2;2*1-4-7-10-13(11-8-5-2)12-9-6-3;1-4-6(9)8-7(2,3)5-13(10,11)12/h29-34H,11-28H2,1-10H3,(H,42,44)(H,43,45)(H,49,50,51)(H,52,53,54);18-21H,5-17H2,1-4H3;2*4-12H2,1-3H3;4H,1,5H2,2-3H3,(H,8,9)(H,10,11,12)/p-1. The monoisotopic (exact) mass is 2110 g/mol. The summed E-state index contributed by atoms with van der Waals surface area (Å²) in [6.45, 7) is 46.5. The van der Waals surface area contributed by atoms with E-state index in [1.807, 2.05) is 27.7 Å². The zero-order chi connectivity index (χ0) is 104. The number of rotatable bonds is 75. The van der Waals surface area contributed by atoms with Crippen molar-refractivity contribution in [2.24, 2.45) is 47.3 Å². The van der Waals surface area contributed by atoms with Crippen LogP contribution >= 0.6 is 31.9 Å². The van der Waals surface area contributed by atoms with Gasteiger partial charge in [0.25, 0.3) is 20.2 Å². The van der Waals surface area contributed by atoms with Gasteiger partial charge in [-0.15, -0.1) is 0 Å². The number of alkyl halides is 2. The molecule has 37 heteroatoms. The fraction of sp³-hybridized carbons (Fsp3) is 0.876.